The van der Waals surface area contributed by atoms with E-state index in [1.54, 1.807) is 0 Å². The van der Waals surface area contributed by atoms with Crippen molar-refractivity contribution in [2.24, 2.45) is 0 Å². The summed E-state index contributed by atoms with van der Waals surface area (Å²) in [5.41, 5.74) is -0.511. The fourth-order valence-corrected chi connectivity index (χ4v) is 3.07. The maximum Gasteiger partial charge on any atom is 0.325 e. The molecule has 0 amide bonds. The van der Waals surface area contributed by atoms with Gasteiger partial charge >= 0.3 is 5.97 Å². The first-order valence-electron chi connectivity index (χ1n) is 8.53. The van der Waals surface area contributed by atoms with Crippen molar-refractivity contribution < 1.29 is 9.53 Å². The fraction of sp³-hybridized carbons (Fsp3) is 0.941. The van der Waals surface area contributed by atoms with Crippen molar-refractivity contribution in [2.45, 2.75) is 83.3 Å². The highest BCUT2D eigenvalue weighted by Gasteiger charge is 2.38. The predicted molar refractivity (Wildman–Crippen MR) is 87.4 cm³/mol. The minimum absolute atomic E-state index is 0.122. The van der Waals surface area contributed by atoms with Crippen molar-refractivity contribution in [2.75, 3.05) is 20.7 Å². The van der Waals surface area contributed by atoms with Gasteiger partial charge in [0.05, 0.1) is 7.11 Å². The van der Waals surface area contributed by atoms with Gasteiger partial charge in [0.2, 0.25) is 0 Å². The average molecular weight is 298 g/mol. The number of carbonyl (C=O) groups excluding carboxylic acids is 1. The fourth-order valence-electron chi connectivity index (χ4n) is 3.07. The van der Waals surface area contributed by atoms with Crippen molar-refractivity contribution in [1.29, 1.82) is 0 Å². The Balaban J connectivity index is 2.34. The third-order valence-electron chi connectivity index (χ3n) is 4.74. The molecule has 1 atom stereocenters. The zero-order valence-electron chi connectivity index (χ0n) is 14.6. The molecule has 1 N–H and O–H groups in total. The van der Waals surface area contributed by atoms with Crippen molar-refractivity contribution in [3.63, 3.8) is 0 Å². The quantitative estimate of drug-likeness (QED) is 0.470. The number of nitrogens with one attached hydrogen (secondary N) is 1. The van der Waals surface area contributed by atoms with Gasteiger partial charge in [0, 0.05) is 12.1 Å². The zero-order valence-corrected chi connectivity index (χ0v) is 14.6. The van der Waals surface area contributed by atoms with E-state index in [4.69, 9.17) is 4.74 Å². The second kappa shape index (κ2) is 8.74. The first-order valence-corrected chi connectivity index (χ1v) is 8.53. The predicted octanol–water partition coefficient (Wildman–Crippen LogP) is 2.96. The summed E-state index contributed by atoms with van der Waals surface area (Å²) in [6.45, 7) is 7.59. The number of methoxy groups -OCH3 is 1. The van der Waals surface area contributed by atoms with Gasteiger partial charge in [-0.2, -0.15) is 0 Å². The molecule has 1 unspecified atom stereocenters. The highest BCUT2D eigenvalue weighted by atomic mass is 16.5. The second-order valence-electron chi connectivity index (χ2n) is 6.65. The lowest BCUT2D eigenvalue weighted by molar-refractivity contribution is -0.148. The number of unbranched alkanes of at least 4 members (excludes halogenated alkanes) is 1. The van der Waals surface area contributed by atoms with Gasteiger partial charge in [0.15, 0.2) is 0 Å². The molecular weight excluding hydrogens is 264 g/mol. The Morgan fingerprint density at radius 1 is 1.33 bits per heavy atom. The van der Waals surface area contributed by atoms with Gasteiger partial charge in [-0.25, -0.2) is 0 Å². The number of rotatable bonds is 11. The Labute approximate surface area is 130 Å². The van der Waals surface area contributed by atoms with Gasteiger partial charge in [-0.3, -0.25) is 10.1 Å². The molecule has 124 valence electrons. The Hall–Kier alpha value is -0.610. The van der Waals surface area contributed by atoms with Crippen LogP contribution in [0.25, 0.3) is 0 Å². The maximum atomic E-state index is 12.0. The second-order valence-corrected chi connectivity index (χ2v) is 6.65. The van der Waals surface area contributed by atoms with Crippen LogP contribution in [0.1, 0.15) is 65.7 Å². The molecule has 0 radical (unpaired) electrons. The molecule has 0 aromatic carbocycles. The van der Waals surface area contributed by atoms with Crippen LogP contribution in [0.4, 0.5) is 0 Å². The minimum Gasteiger partial charge on any atom is -0.468 e. The van der Waals surface area contributed by atoms with Crippen molar-refractivity contribution >= 4 is 5.97 Å². The minimum atomic E-state index is -0.511. The Morgan fingerprint density at radius 2 is 1.95 bits per heavy atom. The largest absolute Gasteiger partial charge is 0.468 e. The van der Waals surface area contributed by atoms with Gasteiger partial charge in [-0.05, 0) is 65.5 Å². The zero-order chi connectivity index (χ0) is 15.9. The van der Waals surface area contributed by atoms with E-state index in [0.717, 1.165) is 25.8 Å². The van der Waals surface area contributed by atoms with Gasteiger partial charge in [0.25, 0.3) is 0 Å². The van der Waals surface area contributed by atoms with Crippen LogP contribution in [0.2, 0.25) is 0 Å². The molecule has 0 heterocycles. The first kappa shape index (κ1) is 18.4. The van der Waals surface area contributed by atoms with Crippen molar-refractivity contribution in [3.05, 3.63) is 0 Å². The van der Waals surface area contributed by atoms with E-state index < -0.39 is 5.54 Å². The monoisotopic (exact) mass is 298 g/mol. The third-order valence-corrected chi connectivity index (χ3v) is 4.74. The summed E-state index contributed by atoms with van der Waals surface area (Å²) in [7, 11) is 3.69. The summed E-state index contributed by atoms with van der Waals surface area (Å²) in [4.78, 5) is 14.5. The van der Waals surface area contributed by atoms with Gasteiger partial charge in [0.1, 0.15) is 5.54 Å². The van der Waals surface area contributed by atoms with Gasteiger partial charge < -0.3 is 9.64 Å². The molecule has 1 aliphatic rings. The number of nitrogens with zero attached hydrogens (tertiary/aromatic N) is 1. The molecule has 0 saturated heterocycles. The molecule has 21 heavy (non-hydrogen) atoms. The van der Waals surface area contributed by atoms with Crippen LogP contribution in [0, 0.1) is 0 Å². The molecule has 0 spiro atoms. The molecule has 1 saturated carbocycles. The molecule has 4 nitrogen and oxygen atoms in total. The summed E-state index contributed by atoms with van der Waals surface area (Å²) in [6, 6.07) is 1.20. The van der Waals surface area contributed by atoms with Crippen LogP contribution in [-0.4, -0.2) is 49.2 Å². The number of hydrogen-bond acceptors (Lipinski definition) is 4. The van der Waals surface area contributed by atoms with Crippen LogP contribution in [-0.2, 0) is 9.53 Å². The summed E-state index contributed by atoms with van der Waals surface area (Å²) in [5, 5.41) is 3.46. The van der Waals surface area contributed by atoms with E-state index in [0.29, 0.717) is 12.1 Å². The van der Waals surface area contributed by atoms with Crippen LogP contribution in [0.3, 0.4) is 0 Å². The summed E-state index contributed by atoms with van der Waals surface area (Å²) >= 11 is 0. The van der Waals surface area contributed by atoms with E-state index in [9.17, 15) is 4.79 Å². The van der Waals surface area contributed by atoms with E-state index in [-0.39, 0.29) is 5.97 Å². The smallest absolute Gasteiger partial charge is 0.325 e. The lowest BCUT2D eigenvalue weighted by Crippen LogP contribution is -2.51. The standard InChI is InChI=1S/C17H34N2O2/c1-6-15(7-2)19(4)13-9-8-12-17(3,16(20)21-5)18-14-10-11-14/h14-15,18H,6-13H2,1-5H3. The molecule has 4 heteroatoms. The summed E-state index contributed by atoms with van der Waals surface area (Å²) < 4.78 is 4.98. The lowest BCUT2D eigenvalue weighted by Gasteiger charge is -2.29. The van der Waals surface area contributed by atoms with Crippen LogP contribution in [0.15, 0.2) is 0 Å². The topological polar surface area (TPSA) is 41.6 Å². The molecule has 1 rings (SSSR count). The Morgan fingerprint density at radius 3 is 2.43 bits per heavy atom. The van der Waals surface area contributed by atoms with E-state index >= 15 is 0 Å². The Kier molecular flexibility index (Phi) is 7.67. The molecular formula is C17H34N2O2. The molecule has 1 fully saturated rings. The van der Waals surface area contributed by atoms with Crippen LogP contribution in [0.5, 0.6) is 0 Å². The van der Waals surface area contributed by atoms with Crippen LogP contribution < -0.4 is 5.32 Å². The molecule has 0 aromatic rings. The van der Waals surface area contributed by atoms with Crippen molar-refractivity contribution in [1.82, 2.24) is 10.2 Å². The molecule has 1 aliphatic carbocycles. The SMILES string of the molecule is CCC(CC)N(C)CCCCC(C)(NC1CC1)C(=O)OC. The maximum absolute atomic E-state index is 12.0. The number of hydrogen-bond donors (Lipinski definition) is 1. The van der Waals surface area contributed by atoms with Crippen molar-refractivity contribution in [3.8, 4) is 0 Å². The molecule has 0 aromatic heterocycles. The van der Waals surface area contributed by atoms with E-state index in [1.807, 2.05) is 6.92 Å². The number of ether oxygens (including phenoxy) is 1. The first-order chi connectivity index (χ1) is 9.96. The summed E-state index contributed by atoms with van der Waals surface area (Å²) in [6.07, 6.45) is 7.81. The van der Waals surface area contributed by atoms with Gasteiger partial charge in [-0.15, -0.1) is 0 Å². The molecule has 0 aliphatic heterocycles. The third kappa shape index (κ3) is 5.95. The van der Waals surface area contributed by atoms with E-state index in [2.05, 4.69) is 31.1 Å². The molecule has 0 bridgehead atoms. The lowest BCUT2D eigenvalue weighted by atomic mass is 9.94. The van der Waals surface area contributed by atoms with E-state index in [1.165, 1.54) is 32.8 Å². The highest BCUT2D eigenvalue weighted by Crippen LogP contribution is 2.26. The average Bonchev–Trinajstić information content (AvgIpc) is 3.27. The van der Waals surface area contributed by atoms with Crippen LogP contribution >= 0.6 is 0 Å². The number of carbonyl (C=O) groups is 1. The highest BCUT2D eigenvalue weighted by molar-refractivity contribution is 5.80. The normalized spacial score (nSPS) is 18.0. The Bertz CT molecular complexity index is 314. The summed E-state index contributed by atoms with van der Waals surface area (Å²) in [5.74, 6) is -0.122. The number of esters is 1. The van der Waals surface area contributed by atoms with Gasteiger partial charge in [-0.1, -0.05) is 13.8 Å².